The van der Waals surface area contributed by atoms with E-state index in [-0.39, 0.29) is 11.6 Å². The van der Waals surface area contributed by atoms with Gasteiger partial charge in [0.1, 0.15) is 0 Å². The molecule has 0 unspecified atom stereocenters. The van der Waals surface area contributed by atoms with Gasteiger partial charge in [-0.15, -0.1) is 0 Å². The Morgan fingerprint density at radius 2 is 1.62 bits per heavy atom. The summed E-state index contributed by atoms with van der Waals surface area (Å²) >= 11 is 0. The number of alkyl halides is 6. The Morgan fingerprint density at radius 1 is 1.08 bits per heavy atom. The van der Waals surface area contributed by atoms with Gasteiger partial charge < -0.3 is 4.74 Å². The van der Waals surface area contributed by atoms with Crippen LogP contribution in [0, 0.1) is 11.3 Å². The maximum atomic E-state index is 12.8. The van der Waals surface area contributed by atoms with E-state index in [4.69, 9.17) is 10.00 Å². The average molecular weight is 349 g/mol. The standard InChI is InChI=1S/C16H13F6NO/c1-9(24-14-3-2-10(4-14)8-23)11-5-12(15(17,18)19)7-13(6-11)16(20,21)22/h4-7,9,14H,2-3H2,1H3/t9-,14+/m1/s1. The number of allylic oxidation sites excluding steroid dienone is 1. The second-order valence-corrected chi connectivity index (χ2v) is 5.50. The first-order valence-corrected chi connectivity index (χ1v) is 7.06. The lowest BCUT2D eigenvalue weighted by atomic mass is 10.0. The average Bonchev–Trinajstić information content (AvgIpc) is 2.92. The number of nitrogens with zero attached hydrogens (tertiary/aromatic N) is 1. The van der Waals surface area contributed by atoms with Crippen LogP contribution in [0.2, 0.25) is 0 Å². The van der Waals surface area contributed by atoms with Gasteiger partial charge in [-0.1, -0.05) is 0 Å². The molecule has 0 aliphatic heterocycles. The Morgan fingerprint density at radius 3 is 2.04 bits per heavy atom. The molecule has 1 aliphatic rings. The molecular weight excluding hydrogens is 336 g/mol. The van der Waals surface area contributed by atoms with E-state index in [0.29, 0.717) is 30.5 Å². The zero-order valence-corrected chi connectivity index (χ0v) is 12.5. The molecule has 2 rings (SSSR count). The molecule has 0 heterocycles. The van der Waals surface area contributed by atoms with Gasteiger partial charge in [-0.2, -0.15) is 31.6 Å². The molecule has 0 amide bonds. The van der Waals surface area contributed by atoms with Gasteiger partial charge in [0.15, 0.2) is 0 Å². The summed E-state index contributed by atoms with van der Waals surface area (Å²) in [6.45, 7) is 1.38. The van der Waals surface area contributed by atoms with Gasteiger partial charge in [0, 0.05) is 5.57 Å². The molecule has 24 heavy (non-hydrogen) atoms. The molecule has 0 spiro atoms. The van der Waals surface area contributed by atoms with Gasteiger partial charge in [0.05, 0.1) is 29.4 Å². The Labute approximate surface area is 134 Å². The zero-order valence-electron chi connectivity index (χ0n) is 12.5. The fourth-order valence-corrected chi connectivity index (χ4v) is 2.44. The van der Waals surface area contributed by atoms with Crippen molar-refractivity contribution in [3.8, 4) is 6.07 Å². The van der Waals surface area contributed by atoms with Crippen molar-refractivity contribution in [1.29, 1.82) is 5.26 Å². The van der Waals surface area contributed by atoms with Crippen molar-refractivity contribution in [2.75, 3.05) is 0 Å². The van der Waals surface area contributed by atoms with E-state index in [1.807, 2.05) is 6.07 Å². The third-order valence-corrected chi connectivity index (χ3v) is 3.69. The van der Waals surface area contributed by atoms with Crippen molar-refractivity contribution < 1.29 is 31.1 Å². The van der Waals surface area contributed by atoms with Crippen molar-refractivity contribution in [2.24, 2.45) is 0 Å². The topological polar surface area (TPSA) is 33.0 Å². The summed E-state index contributed by atoms with van der Waals surface area (Å²) in [5, 5.41) is 8.76. The minimum atomic E-state index is -4.89. The first-order chi connectivity index (χ1) is 11.0. The third kappa shape index (κ3) is 4.29. The second-order valence-electron chi connectivity index (χ2n) is 5.50. The van der Waals surface area contributed by atoms with Gasteiger partial charge in [-0.25, -0.2) is 0 Å². The number of ether oxygens (including phenoxy) is 1. The van der Waals surface area contributed by atoms with Crippen molar-refractivity contribution in [3.63, 3.8) is 0 Å². The van der Waals surface area contributed by atoms with Crippen LogP contribution >= 0.6 is 0 Å². The SMILES string of the molecule is C[C@@H](O[C@@H]1C=C(C#N)CC1)c1cc(C(F)(F)F)cc(C(F)(F)F)c1. The number of nitriles is 1. The summed E-state index contributed by atoms with van der Waals surface area (Å²) in [7, 11) is 0. The Bertz CT molecular complexity index is 651. The molecule has 0 saturated carbocycles. The van der Waals surface area contributed by atoms with E-state index in [9.17, 15) is 26.3 Å². The van der Waals surface area contributed by atoms with Gasteiger partial charge in [-0.3, -0.25) is 0 Å². The molecule has 1 aliphatic carbocycles. The predicted octanol–water partition coefficient (Wildman–Crippen LogP) is 5.41. The minimum Gasteiger partial charge on any atom is -0.366 e. The van der Waals surface area contributed by atoms with Crippen molar-refractivity contribution >= 4 is 0 Å². The lowest BCUT2D eigenvalue weighted by Gasteiger charge is -2.20. The van der Waals surface area contributed by atoms with Crippen molar-refractivity contribution in [1.82, 2.24) is 0 Å². The summed E-state index contributed by atoms with van der Waals surface area (Å²) in [6, 6.07) is 3.34. The summed E-state index contributed by atoms with van der Waals surface area (Å²) in [5.41, 5.74) is -2.46. The predicted molar refractivity (Wildman–Crippen MR) is 72.7 cm³/mol. The van der Waals surface area contributed by atoms with Gasteiger partial charge >= 0.3 is 12.4 Å². The molecule has 2 nitrogen and oxygen atoms in total. The normalized spacial score (nSPS) is 19.8. The highest BCUT2D eigenvalue weighted by molar-refractivity contribution is 5.35. The van der Waals surface area contributed by atoms with E-state index >= 15 is 0 Å². The lowest BCUT2D eigenvalue weighted by molar-refractivity contribution is -0.143. The molecule has 0 aromatic heterocycles. The Balaban J connectivity index is 2.32. The third-order valence-electron chi connectivity index (χ3n) is 3.69. The molecule has 0 bridgehead atoms. The number of halogens is 6. The molecule has 0 radical (unpaired) electrons. The zero-order chi connectivity index (χ0) is 18.1. The molecule has 8 heteroatoms. The molecule has 0 saturated heterocycles. The molecule has 0 fully saturated rings. The first-order valence-electron chi connectivity index (χ1n) is 7.06. The van der Waals surface area contributed by atoms with Crippen molar-refractivity contribution in [3.05, 3.63) is 46.5 Å². The van der Waals surface area contributed by atoms with Gasteiger partial charge in [0.25, 0.3) is 0 Å². The summed E-state index contributed by atoms with van der Waals surface area (Å²) < 4.78 is 82.6. The molecular formula is C16H13F6NO. The maximum absolute atomic E-state index is 12.8. The largest absolute Gasteiger partial charge is 0.416 e. The summed E-state index contributed by atoms with van der Waals surface area (Å²) in [4.78, 5) is 0. The highest BCUT2D eigenvalue weighted by Crippen LogP contribution is 2.38. The first kappa shape index (κ1) is 18.3. The highest BCUT2D eigenvalue weighted by atomic mass is 19.4. The Hall–Kier alpha value is -2.01. The van der Waals surface area contributed by atoms with Crippen LogP contribution in [0.1, 0.15) is 42.6 Å². The second kappa shape index (κ2) is 6.48. The van der Waals surface area contributed by atoms with Crippen LogP contribution in [-0.2, 0) is 17.1 Å². The molecule has 1 aromatic carbocycles. The van der Waals surface area contributed by atoms with E-state index in [1.165, 1.54) is 13.0 Å². The lowest BCUT2D eigenvalue weighted by Crippen LogP contribution is -2.15. The van der Waals surface area contributed by atoms with Crippen LogP contribution in [0.25, 0.3) is 0 Å². The number of benzene rings is 1. The number of hydrogen-bond acceptors (Lipinski definition) is 2. The van der Waals surface area contributed by atoms with E-state index in [1.54, 1.807) is 0 Å². The minimum absolute atomic E-state index is 0.0828. The van der Waals surface area contributed by atoms with Crippen LogP contribution in [0.15, 0.2) is 29.8 Å². The van der Waals surface area contributed by atoms with Crippen LogP contribution < -0.4 is 0 Å². The quantitative estimate of drug-likeness (QED) is 0.683. The monoisotopic (exact) mass is 349 g/mol. The van der Waals surface area contributed by atoms with Gasteiger partial charge in [0.2, 0.25) is 0 Å². The smallest absolute Gasteiger partial charge is 0.366 e. The van der Waals surface area contributed by atoms with E-state index < -0.39 is 35.7 Å². The van der Waals surface area contributed by atoms with Crippen LogP contribution in [0.3, 0.4) is 0 Å². The van der Waals surface area contributed by atoms with E-state index in [2.05, 4.69) is 0 Å². The van der Waals surface area contributed by atoms with E-state index in [0.717, 1.165) is 0 Å². The molecule has 2 atom stereocenters. The van der Waals surface area contributed by atoms with Crippen LogP contribution in [0.4, 0.5) is 26.3 Å². The van der Waals surface area contributed by atoms with Crippen molar-refractivity contribution in [2.45, 2.75) is 44.3 Å². The maximum Gasteiger partial charge on any atom is 0.416 e. The molecule has 0 N–H and O–H groups in total. The number of hydrogen-bond donors (Lipinski definition) is 0. The fraction of sp³-hybridized carbons (Fsp3) is 0.438. The van der Waals surface area contributed by atoms with Crippen LogP contribution in [0.5, 0.6) is 0 Å². The summed E-state index contributed by atoms with van der Waals surface area (Å²) in [5.74, 6) is 0. The fourth-order valence-electron chi connectivity index (χ4n) is 2.44. The van der Waals surface area contributed by atoms with Gasteiger partial charge in [-0.05, 0) is 49.6 Å². The Kier molecular flexibility index (Phi) is 4.95. The number of rotatable bonds is 3. The summed E-state index contributed by atoms with van der Waals surface area (Å²) in [6.07, 6.45) is -8.78. The van der Waals surface area contributed by atoms with Crippen LogP contribution in [-0.4, -0.2) is 6.10 Å². The molecule has 1 aromatic rings. The highest BCUT2D eigenvalue weighted by Gasteiger charge is 2.37. The molecule has 130 valence electrons.